The van der Waals surface area contributed by atoms with Crippen LogP contribution >= 0.6 is 11.6 Å². The molecule has 0 atom stereocenters. The van der Waals surface area contributed by atoms with E-state index < -0.39 is 0 Å². The molecule has 16 heavy (non-hydrogen) atoms. The number of hydrogen-bond acceptors (Lipinski definition) is 4. The number of halogens is 1. The molecule has 2 rings (SSSR count). The van der Waals surface area contributed by atoms with Gasteiger partial charge >= 0.3 is 0 Å². The van der Waals surface area contributed by atoms with Crippen LogP contribution in [0.25, 0.3) is 0 Å². The Morgan fingerprint density at radius 3 is 2.88 bits per heavy atom. The minimum Gasteiger partial charge on any atom is -0.290 e. The van der Waals surface area contributed by atoms with Crippen molar-refractivity contribution >= 4 is 23.5 Å². The van der Waals surface area contributed by atoms with Crippen LogP contribution < -0.4 is 5.32 Å². The van der Waals surface area contributed by atoms with Crippen LogP contribution in [0.4, 0.5) is 5.95 Å². The van der Waals surface area contributed by atoms with Gasteiger partial charge in [-0.1, -0.05) is 11.6 Å². The summed E-state index contributed by atoms with van der Waals surface area (Å²) < 4.78 is 0. The zero-order chi connectivity index (χ0) is 11.4. The highest BCUT2D eigenvalue weighted by molar-refractivity contribution is 6.29. The molecule has 0 aromatic carbocycles. The van der Waals surface area contributed by atoms with E-state index in [0.717, 1.165) is 0 Å². The van der Waals surface area contributed by atoms with Gasteiger partial charge in [-0.3, -0.25) is 15.1 Å². The van der Waals surface area contributed by atoms with E-state index in [9.17, 15) is 4.79 Å². The molecule has 0 radical (unpaired) electrons. The van der Waals surface area contributed by atoms with Crippen molar-refractivity contribution in [3.63, 3.8) is 0 Å². The second-order valence-corrected chi connectivity index (χ2v) is 3.29. The summed E-state index contributed by atoms with van der Waals surface area (Å²) >= 11 is 5.66. The van der Waals surface area contributed by atoms with E-state index in [1.165, 1.54) is 18.5 Å². The normalized spacial score (nSPS) is 9.81. The first-order chi connectivity index (χ1) is 7.75. The van der Waals surface area contributed by atoms with Crippen LogP contribution in [-0.4, -0.2) is 20.9 Å². The topological polar surface area (TPSA) is 67.8 Å². The summed E-state index contributed by atoms with van der Waals surface area (Å²) in [6.45, 7) is 0. The first-order valence-corrected chi connectivity index (χ1v) is 4.83. The van der Waals surface area contributed by atoms with Crippen LogP contribution in [-0.2, 0) is 0 Å². The zero-order valence-electron chi connectivity index (χ0n) is 8.09. The fourth-order valence-electron chi connectivity index (χ4n) is 1.07. The van der Waals surface area contributed by atoms with Crippen molar-refractivity contribution in [2.24, 2.45) is 0 Å². The molecule has 5 nitrogen and oxygen atoms in total. The quantitative estimate of drug-likeness (QED) is 0.805. The van der Waals surface area contributed by atoms with Crippen LogP contribution in [0.3, 0.4) is 0 Å². The molecule has 6 heteroatoms. The summed E-state index contributed by atoms with van der Waals surface area (Å²) in [7, 11) is 0. The maximum atomic E-state index is 11.7. The Hall–Kier alpha value is -2.01. The molecule has 0 bridgehead atoms. The van der Waals surface area contributed by atoms with E-state index in [1.54, 1.807) is 18.3 Å². The third-order valence-corrected chi connectivity index (χ3v) is 1.98. The largest absolute Gasteiger partial charge is 0.290 e. The Morgan fingerprint density at radius 2 is 2.19 bits per heavy atom. The van der Waals surface area contributed by atoms with Crippen LogP contribution in [0.2, 0.25) is 5.15 Å². The van der Waals surface area contributed by atoms with Crippen LogP contribution in [0.15, 0.2) is 36.8 Å². The lowest BCUT2D eigenvalue weighted by Crippen LogP contribution is -2.14. The molecule has 2 aromatic rings. The molecule has 0 saturated heterocycles. The molecule has 0 aliphatic rings. The van der Waals surface area contributed by atoms with Crippen molar-refractivity contribution in [1.82, 2.24) is 15.0 Å². The van der Waals surface area contributed by atoms with Gasteiger partial charge in [0.25, 0.3) is 5.91 Å². The average molecular weight is 235 g/mol. The first-order valence-electron chi connectivity index (χ1n) is 4.45. The number of rotatable bonds is 2. The van der Waals surface area contributed by atoms with Gasteiger partial charge < -0.3 is 0 Å². The third kappa shape index (κ3) is 2.52. The van der Waals surface area contributed by atoms with Gasteiger partial charge in [0, 0.05) is 18.6 Å². The smallest absolute Gasteiger partial charge is 0.259 e. The number of amides is 1. The molecule has 0 saturated carbocycles. The average Bonchev–Trinajstić information content (AvgIpc) is 2.30. The van der Waals surface area contributed by atoms with Gasteiger partial charge in [-0.25, -0.2) is 9.97 Å². The van der Waals surface area contributed by atoms with Crippen LogP contribution in [0.1, 0.15) is 10.4 Å². The SMILES string of the molecule is O=C(Nc1nccc(Cl)n1)c1cccnc1. The van der Waals surface area contributed by atoms with Crippen molar-refractivity contribution in [2.75, 3.05) is 5.32 Å². The number of anilines is 1. The maximum Gasteiger partial charge on any atom is 0.259 e. The molecular weight excluding hydrogens is 228 g/mol. The monoisotopic (exact) mass is 234 g/mol. The van der Waals surface area contributed by atoms with Crippen LogP contribution in [0.5, 0.6) is 0 Å². The van der Waals surface area contributed by atoms with Gasteiger partial charge in [0.2, 0.25) is 5.95 Å². The predicted molar refractivity (Wildman–Crippen MR) is 59.2 cm³/mol. The fourth-order valence-corrected chi connectivity index (χ4v) is 1.20. The number of nitrogens with one attached hydrogen (secondary N) is 1. The number of aromatic nitrogens is 3. The van der Waals surface area contributed by atoms with Gasteiger partial charge in [0.1, 0.15) is 5.15 Å². The Morgan fingerprint density at radius 1 is 1.31 bits per heavy atom. The Kier molecular flexibility index (Phi) is 3.07. The van der Waals surface area contributed by atoms with Gasteiger partial charge in [0.15, 0.2) is 0 Å². The lowest BCUT2D eigenvalue weighted by molar-refractivity contribution is 0.102. The molecule has 0 fully saturated rings. The molecule has 0 aliphatic heterocycles. The Balaban J connectivity index is 2.14. The summed E-state index contributed by atoms with van der Waals surface area (Å²) in [5, 5.41) is 2.79. The molecule has 80 valence electrons. The summed E-state index contributed by atoms with van der Waals surface area (Å²) in [6.07, 6.45) is 4.51. The number of nitrogens with zero attached hydrogens (tertiary/aromatic N) is 3. The Bertz CT molecular complexity index is 503. The highest BCUT2D eigenvalue weighted by atomic mass is 35.5. The lowest BCUT2D eigenvalue weighted by atomic mass is 10.3. The second kappa shape index (κ2) is 4.67. The molecule has 2 aromatic heterocycles. The van der Waals surface area contributed by atoms with E-state index in [1.807, 2.05) is 0 Å². The molecule has 0 spiro atoms. The summed E-state index contributed by atoms with van der Waals surface area (Å²) in [6, 6.07) is 4.85. The van der Waals surface area contributed by atoms with Gasteiger partial charge in [-0.15, -0.1) is 0 Å². The molecule has 1 amide bonds. The summed E-state index contributed by atoms with van der Waals surface area (Å²) in [4.78, 5) is 23.2. The first kappa shape index (κ1) is 10.5. The highest BCUT2D eigenvalue weighted by Crippen LogP contribution is 2.07. The third-order valence-electron chi connectivity index (χ3n) is 1.77. The van der Waals surface area contributed by atoms with Crippen molar-refractivity contribution in [3.05, 3.63) is 47.5 Å². The molecule has 2 heterocycles. The van der Waals surface area contributed by atoms with Crippen molar-refractivity contribution < 1.29 is 4.79 Å². The van der Waals surface area contributed by atoms with E-state index in [4.69, 9.17) is 11.6 Å². The van der Waals surface area contributed by atoms with Crippen molar-refractivity contribution in [2.45, 2.75) is 0 Å². The molecule has 0 aliphatic carbocycles. The molecule has 0 unspecified atom stereocenters. The zero-order valence-corrected chi connectivity index (χ0v) is 8.85. The predicted octanol–water partition coefficient (Wildman–Crippen LogP) is 1.78. The van der Waals surface area contributed by atoms with Gasteiger partial charge in [-0.2, -0.15) is 0 Å². The van der Waals surface area contributed by atoms with Gasteiger partial charge in [0.05, 0.1) is 5.56 Å². The van der Waals surface area contributed by atoms with E-state index in [2.05, 4.69) is 20.3 Å². The van der Waals surface area contributed by atoms with Gasteiger partial charge in [-0.05, 0) is 18.2 Å². The number of carbonyl (C=O) groups is 1. The van der Waals surface area contributed by atoms with Crippen LogP contribution in [0, 0.1) is 0 Å². The summed E-state index contributed by atoms with van der Waals surface area (Å²) in [5.41, 5.74) is 0.436. The molecular formula is C10H7ClN4O. The lowest BCUT2D eigenvalue weighted by Gasteiger charge is -2.02. The van der Waals surface area contributed by atoms with Crippen molar-refractivity contribution in [1.29, 1.82) is 0 Å². The minimum atomic E-state index is -0.324. The van der Waals surface area contributed by atoms with E-state index in [0.29, 0.717) is 5.56 Å². The molecule has 1 N–H and O–H groups in total. The Labute approximate surface area is 96.5 Å². The number of carbonyl (C=O) groups excluding carboxylic acids is 1. The fraction of sp³-hybridized carbons (Fsp3) is 0. The standard InChI is InChI=1S/C10H7ClN4O/c11-8-3-5-13-10(14-8)15-9(16)7-2-1-4-12-6-7/h1-6H,(H,13,14,15,16). The maximum absolute atomic E-state index is 11.7. The van der Waals surface area contributed by atoms with Crippen molar-refractivity contribution in [3.8, 4) is 0 Å². The summed E-state index contributed by atoms with van der Waals surface area (Å²) in [5.74, 6) is -0.156. The minimum absolute atomic E-state index is 0.168. The van der Waals surface area contributed by atoms with E-state index in [-0.39, 0.29) is 17.0 Å². The number of pyridine rings is 1. The second-order valence-electron chi connectivity index (χ2n) is 2.90. The van der Waals surface area contributed by atoms with E-state index >= 15 is 0 Å². The number of hydrogen-bond donors (Lipinski definition) is 1. The highest BCUT2D eigenvalue weighted by Gasteiger charge is 2.07.